The highest BCUT2D eigenvalue weighted by Gasteiger charge is 2.27. The fourth-order valence-corrected chi connectivity index (χ4v) is 2.12. The van der Waals surface area contributed by atoms with E-state index in [1.807, 2.05) is 0 Å². The normalized spacial score (nSPS) is 15.9. The quantitative estimate of drug-likeness (QED) is 0.653. The third kappa shape index (κ3) is 6.39. The van der Waals surface area contributed by atoms with E-state index >= 15 is 0 Å². The zero-order chi connectivity index (χ0) is 13.5. The predicted octanol–water partition coefficient (Wildman–Crippen LogP) is 2.25. The molecule has 0 fully saturated rings. The van der Waals surface area contributed by atoms with E-state index in [-0.39, 0.29) is 12.1 Å². The molecule has 2 N–H and O–H groups in total. The van der Waals surface area contributed by atoms with E-state index in [0.29, 0.717) is 12.1 Å². The van der Waals surface area contributed by atoms with E-state index in [2.05, 4.69) is 51.9 Å². The average molecular weight is 244 g/mol. The second-order valence-corrected chi connectivity index (χ2v) is 5.77. The Morgan fingerprint density at radius 3 is 2.18 bits per heavy atom. The lowest BCUT2D eigenvalue weighted by molar-refractivity contribution is 0.129. The molecule has 3 nitrogen and oxygen atoms in total. The average Bonchev–Trinajstić information content (AvgIpc) is 2.26. The molecule has 0 aromatic heterocycles. The van der Waals surface area contributed by atoms with Crippen molar-refractivity contribution in [1.29, 1.82) is 0 Å². The summed E-state index contributed by atoms with van der Waals surface area (Å²) in [4.78, 5) is 2.35. The summed E-state index contributed by atoms with van der Waals surface area (Å²) in [5.74, 6) is 0. The van der Waals surface area contributed by atoms with Crippen molar-refractivity contribution in [3.63, 3.8) is 0 Å². The van der Waals surface area contributed by atoms with Crippen molar-refractivity contribution in [3.8, 4) is 0 Å². The van der Waals surface area contributed by atoms with Crippen LogP contribution in [0.2, 0.25) is 0 Å². The van der Waals surface area contributed by atoms with Gasteiger partial charge in [-0.1, -0.05) is 20.8 Å². The molecular weight excluding hydrogens is 212 g/mol. The van der Waals surface area contributed by atoms with Gasteiger partial charge in [-0.3, -0.25) is 0 Å². The molecule has 0 aromatic rings. The molecule has 1 unspecified atom stereocenters. The number of rotatable bonds is 9. The summed E-state index contributed by atoms with van der Waals surface area (Å²) in [7, 11) is 2.16. The first kappa shape index (κ1) is 16.9. The summed E-state index contributed by atoms with van der Waals surface area (Å²) in [5, 5.41) is 13.2. The first-order chi connectivity index (χ1) is 7.87. The SMILES string of the molecule is CCC(CO)(CCCN(C)C(C)C)NC(C)C. The van der Waals surface area contributed by atoms with Gasteiger partial charge in [0.15, 0.2) is 0 Å². The molecule has 17 heavy (non-hydrogen) atoms. The van der Waals surface area contributed by atoms with Crippen molar-refractivity contribution < 1.29 is 5.11 Å². The highest BCUT2D eigenvalue weighted by molar-refractivity contribution is 4.87. The molecule has 0 saturated carbocycles. The third-order valence-electron chi connectivity index (χ3n) is 3.62. The molecule has 0 heterocycles. The summed E-state index contributed by atoms with van der Waals surface area (Å²) in [6, 6.07) is 1.02. The molecule has 0 aliphatic rings. The zero-order valence-corrected chi connectivity index (χ0v) is 12.6. The Morgan fingerprint density at radius 1 is 1.24 bits per heavy atom. The van der Waals surface area contributed by atoms with Crippen LogP contribution in [0.5, 0.6) is 0 Å². The molecule has 3 heteroatoms. The van der Waals surface area contributed by atoms with E-state index in [9.17, 15) is 5.11 Å². The van der Waals surface area contributed by atoms with E-state index < -0.39 is 0 Å². The largest absolute Gasteiger partial charge is 0.394 e. The predicted molar refractivity (Wildman–Crippen MR) is 75.4 cm³/mol. The third-order valence-corrected chi connectivity index (χ3v) is 3.62. The fourth-order valence-electron chi connectivity index (χ4n) is 2.12. The van der Waals surface area contributed by atoms with E-state index in [1.54, 1.807) is 0 Å². The Bertz CT molecular complexity index is 189. The lowest BCUT2D eigenvalue weighted by atomic mass is 9.90. The molecule has 0 aliphatic heterocycles. The van der Waals surface area contributed by atoms with Crippen molar-refractivity contribution in [1.82, 2.24) is 10.2 Å². The van der Waals surface area contributed by atoms with Crippen LogP contribution in [0.3, 0.4) is 0 Å². The van der Waals surface area contributed by atoms with Crippen molar-refractivity contribution in [2.45, 2.75) is 71.5 Å². The Balaban J connectivity index is 4.17. The van der Waals surface area contributed by atoms with Crippen molar-refractivity contribution in [2.24, 2.45) is 0 Å². The molecule has 104 valence electrons. The number of hydrogen-bond donors (Lipinski definition) is 2. The van der Waals surface area contributed by atoms with Gasteiger partial charge >= 0.3 is 0 Å². The monoisotopic (exact) mass is 244 g/mol. The van der Waals surface area contributed by atoms with Gasteiger partial charge in [-0.15, -0.1) is 0 Å². The molecule has 0 saturated heterocycles. The Kier molecular flexibility index (Phi) is 8.01. The minimum Gasteiger partial charge on any atom is -0.394 e. The number of nitrogens with zero attached hydrogens (tertiary/aromatic N) is 1. The van der Waals surface area contributed by atoms with Crippen LogP contribution >= 0.6 is 0 Å². The number of hydrogen-bond acceptors (Lipinski definition) is 3. The van der Waals surface area contributed by atoms with Crippen LogP contribution in [0.4, 0.5) is 0 Å². The van der Waals surface area contributed by atoms with Gasteiger partial charge < -0.3 is 15.3 Å². The zero-order valence-electron chi connectivity index (χ0n) is 12.6. The molecule has 0 bridgehead atoms. The molecule has 1 atom stereocenters. The van der Waals surface area contributed by atoms with Crippen LogP contribution < -0.4 is 5.32 Å². The van der Waals surface area contributed by atoms with Crippen LogP contribution in [-0.4, -0.2) is 47.8 Å². The molecular formula is C14H32N2O. The van der Waals surface area contributed by atoms with Crippen molar-refractivity contribution >= 4 is 0 Å². The van der Waals surface area contributed by atoms with Gasteiger partial charge in [0.2, 0.25) is 0 Å². The van der Waals surface area contributed by atoms with Gasteiger partial charge in [0.05, 0.1) is 6.61 Å². The lowest BCUT2D eigenvalue weighted by Gasteiger charge is -2.35. The van der Waals surface area contributed by atoms with Crippen LogP contribution in [0, 0.1) is 0 Å². The first-order valence-electron chi connectivity index (χ1n) is 6.95. The first-order valence-corrected chi connectivity index (χ1v) is 6.95. The van der Waals surface area contributed by atoms with Gasteiger partial charge in [-0.05, 0) is 46.7 Å². The summed E-state index contributed by atoms with van der Waals surface area (Å²) in [6.07, 6.45) is 3.14. The van der Waals surface area contributed by atoms with E-state index in [1.165, 1.54) is 0 Å². The second-order valence-electron chi connectivity index (χ2n) is 5.77. The van der Waals surface area contributed by atoms with Gasteiger partial charge in [0.25, 0.3) is 0 Å². The molecule has 0 rings (SSSR count). The van der Waals surface area contributed by atoms with Crippen LogP contribution in [0.25, 0.3) is 0 Å². The van der Waals surface area contributed by atoms with Gasteiger partial charge in [0, 0.05) is 17.6 Å². The summed E-state index contributed by atoms with van der Waals surface area (Å²) in [5.41, 5.74) is -0.0913. The van der Waals surface area contributed by atoms with Crippen LogP contribution in [0.1, 0.15) is 53.9 Å². The second kappa shape index (κ2) is 8.06. The van der Waals surface area contributed by atoms with Gasteiger partial charge in [0.1, 0.15) is 0 Å². The Hall–Kier alpha value is -0.120. The summed E-state index contributed by atoms with van der Waals surface area (Å²) < 4.78 is 0. The Labute approximate surface area is 108 Å². The van der Waals surface area contributed by atoms with E-state index in [4.69, 9.17) is 0 Å². The van der Waals surface area contributed by atoms with E-state index in [0.717, 1.165) is 25.8 Å². The highest BCUT2D eigenvalue weighted by Crippen LogP contribution is 2.18. The molecule has 0 aliphatic carbocycles. The van der Waals surface area contributed by atoms with Crippen LogP contribution in [-0.2, 0) is 0 Å². The fraction of sp³-hybridized carbons (Fsp3) is 1.00. The van der Waals surface area contributed by atoms with Crippen LogP contribution in [0.15, 0.2) is 0 Å². The molecule has 0 radical (unpaired) electrons. The molecule has 0 aromatic carbocycles. The number of aliphatic hydroxyl groups excluding tert-OH is 1. The summed E-state index contributed by atoms with van der Waals surface area (Å²) >= 11 is 0. The standard InChI is InChI=1S/C14H32N2O/c1-7-14(11-17,15-12(2)3)9-8-10-16(6)13(4)5/h12-13,15,17H,7-11H2,1-6H3. The Morgan fingerprint density at radius 2 is 1.82 bits per heavy atom. The van der Waals surface area contributed by atoms with Gasteiger partial charge in [-0.2, -0.15) is 0 Å². The summed E-state index contributed by atoms with van der Waals surface area (Å²) in [6.45, 7) is 12.2. The molecule has 0 amide bonds. The van der Waals surface area contributed by atoms with Crippen molar-refractivity contribution in [2.75, 3.05) is 20.2 Å². The number of nitrogens with one attached hydrogen (secondary N) is 1. The molecule has 0 spiro atoms. The maximum atomic E-state index is 9.62. The number of aliphatic hydroxyl groups is 1. The minimum absolute atomic E-state index is 0.0913. The maximum absolute atomic E-state index is 9.62. The lowest BCUT2D eigenvalue weighted by Crippen LogP contribution is -2.51. The van der Waals surface area contributed by atoms with Crippen molar-refractivity contribution in [3.05, 3.63) is 0 Å². The smallest absolute Gasteiger partial charge is 0.0613 e. The topological polar surface area (TPSA) is 35.5 Å². The maximum Gasteiger partial charge on any atom is 0.0613 e. The van der Waals surface area contributed by atoms with Gasteiger partial charge in [-0.25, -0.2) is 0 Å². The highest BCUT2D eigenvalue weighted by atomic mass is 16.3. The minimum atomic E-state index is -0.0913.